The molecule has 2 heterocycles. The maximum absolute atomic E-state index is 12.6. The van der Waals surface area contributed by atoms with E-state index in [1.165, 1.54) is 38.1 Å². The fourth-order valence-electron chi connectivity index (χ4n) is 5.21. The zero-order valence-corrected chi connectivity index (χ0v) is 22.2. The summed E-state index contributed by atoms with van der Waals surface area (Å²) in [7, 11) is 8.30. The van der Waals surface area contributed by atoms with Crippen LogP contribution in [0.15, 0.2) is 66.7 Å². The molecule has 37 heavy (non-hydrogen) atoms. The van der Waals surface area contributed by atoms with Crippen molar-refractivity contribution in [2.75, 3.05) is 44.5 Å². The van der Waals surface area contributed by atoms with Crippen molar-refractivity contribution in [3.8, 4) is 0 Å². The summed E-state index contributed by atoms with van der Waals surface area (Å²) in [4.78, 5) is 30.9. The average Bonchev–Trinajstić information content (AvgIpc) is 3.14. The van der Waals surface area contributed by atoms with Gasteiger partial charge in [-0.2, -0.15) is 4.57 Å². The van der Waals surface area contributed by atoms with E-state index in [4.69, 9.17) is 0 Å². The first kappa shape index (κ1) is 24.8. The number of hydrogen-bond donors (Lipinski definition) is 0. The standard InChI is InChI=1S/C31H35N4O2/c1-32(2)24-15-13-22-19-23-14-16-25(33(3)4)21-29(23)34(28(22)20-24)17-9-5-6-10-18-35-30(36)26-11-7-8-12-27(26)31(35)37/h7-8,11-16,19-21H,5-6,9-10,17-18H2,1-4H3/q+1. The molecule has 1 aliphatic heterocycles. The number of amides is 2. The Morgan fingerprint density at radius 3 is 1.68 bits per heavy atom. The summed E-state index contributed by atoms with van der Waals surface area (Å²) in [5.74, 6) is -0.321. The molecule has 0 atom stereocenters. The van der Waals surface area contributed by atoms with Gasteiger partial charge in [-0.15, -0.1) is 0 Å². The van der Waals surface area contributed by atoms with E-state index in [2.05, 4.69) is 85.0 Å². The molecular formula is C31H35N4O2+. The van der Waals surface area contributed by atoms with Gasteiger partial charge in [0, 0.05) is 75.4 Å². The highest BCUT2D eigenvalue weighted by atomic mass is 16.2. The molecule has 1 aliphatic rings. The molecule has 3 aromatic carbocycles. The highest BCUT2D eigenvalue weighted by Gasteiger charge is 2.34. The fourth-order valence-corrected chi connectivity index (χ4v) is 5.21. The van der Waals surface area contributed by atoms with Crippen molar-refractivity contribution in [1.82, 2.24) is 4.90 Å². The molecule has 0 saturated heterocycles. The Labute approximate surface area is 218 Å². The van der Waals surface area contributed by atoms with E-state index in [0.29, 0.717) is 17.7 Å². The number of aromatic nitrogens is 1. The van der Waals surface area contributed by atoms with Gasteiger partial charge in [0.2, 0.25) is 11.0 Å². The second kappa shape index (κ2) is 10.2. The molecule has 0 saturated carbocycles. The molecule has 6 nitrogen and oxygen atoms in total. The van der Waals surface area contributed by atoms with Crippen LogP contribution in [0.3, 0.4) is 0 Å². The third-order valence-electron chi connectivity index (χ3n) is 7.35. The van der Waals surface area contributed by atoms with Crippen LogP contribution in [0, 0.1) is 0 Å². The van der Waals surface area contributed by atoms with Gasteiger partial charge in [-0.1, -0.05) is 18.6 Å². The van der Waals surface area contributed by atoms with Crippen molar-refractivity contribution in [3.63, 3.8) is 0 Å². The Bertz CT molecular complexity index is 1390. The monoisotopic (exact) mass is 495 g/mol. The number of unbranched alkanes of at least 4 members (excludes halogenated alkanes) is 3. The molecule has 1 aromatic heterocycles. The molecule has 0 bridgehead atoms. The number of nitrogens with zero attached hydrogens (tertiary/aromatic N) is 4. The van der Waals surface area contributed by atoms with Gasteiger partial charge in [0.25, 0.3) is 11.8 Å². The lowest BCUT2D eigenvalue weighted by molar-refractivity contribution is -0.645. The number of benzene rings is 3. The predicted molar refractivity (Wildman–Crippen MR) is 151 cm³/mol. The summed E-state index contributed by atoms with van der Waals surface area (Å²) in [6.45, 7) is 1.39. The fraction of sp³-hybridized carbons (Fsp3) is 0.323. The highest BCUT2D eigenvalue weighted by Crippen LogP contribution is 2.26. The van der Waals surface area contributed by atoms with Gasteiger partial charge in [-0.25, -0.2) is 0 Å². The topological polar surface area (TPSA) is 47.7 Å². The van der Waals surface area contributed by atoms with Crippen LogP contribution in [0.2, 0.25) is 0 Å². The number of imide groups is 1. The van der Waals surface area contributed by atoms with Crippen molar-refractivity contribution in [2.45, 2.75) is 32.2 Å². The van der Waals surface area contributed by atoms with E-state index >= 15 is 0 Å². The van der Waals surface area contributed by atoms with Crippen molar-refractivity contribution in [2.24, 2.45) is 0 Å². The van der Waals surface area contributed by atoms with Crippen LogP contribution < -0.4 is 14.4 Å². The first-order valence-corrected chi connectivity index (χ1v) is 13.1. The van der Waals surface area contributed by atoms with E-state index in [1.54, 1.807) is 12.1 Å². The quantitative estimate of drug-likeness (QED) is 0.137. The van der Waals surface area contributed by atoms with Crippen LogP contribution in [-0.2, 0) is 6.54 Å². The van der Waals surface area contributed by atoms with Gasteiger partial charge >= 0.3 is 0 Å². The third kappa shape index (κ3) is 4.76. The second-order valence-corrected chi connectivity index (χ2v) is 10.3. The summed E-state index contributed by atoms with van der Waals surface area (Å²) >= 11 is 0. The largest absolute Gasteiger partial charge is 0.377 e. The van der Waals surface area contributed by atoms with Crippen molar-refractivity contribution in [3.05, 3.63) is 77.9 Å². The number of carbonyl (C=O) groups excluding carboxylic acids is 2. The maximum atomic E-state index is 12.6. The van der Waals surface area contributed by atoms with Crippen LogP contribution in [0.5, 0.6) is 0 Å². The van der Waals surface area contributed by atoms with E-state index in [9.17, 15) is 9.59 Å². The Kier molecular flexibility index (Phi) is 6.83. The number of carbonyl (C=O) groups is 2. The van der Waals surface area contributed by atoms with Crippen molar-refractivity contribution >= 4 is 45.0 Å². The molecule has 2 amide bonds. The van der Waals surface area contributed by atoms with Gasteiger partial charge < -0.3 is 9.80 Å². The van der Waals surface area contributed by atoms with Gasteiger partial charge in [0.05, 0.1) is 11.1 Å². The van der Waals surface area contributed by atoms with E-state index in [1.807, 2.05) is 12.1 Å². The Balaban J connectivity index is 1.30. The molecule has 0 N–H and O–H groups in total. The Hall–Kier alpha value is -3.93. The summed E-state index contributed by atoms with van der Waals surface area (Å²) in [5, 5.41) is 2.47. The third-order valence-corrected chi connectivity index (χ3v) is 7.35. The van der Waals surface area contributed by atoms with E-state index in [0.717, 1.165) is 32.2 Å². The van der Waals surface area contributed by atoms with Crippen LogP contribution >= 0.6 is 0 Å². The van der Waals surface area contributed by atoms with Gasteiger partial charge in [-0.05, 0) is 55.3 Å². The summed E-state index contributed by atoms with van der Waals surface area (Å²) in [5.41, 5.74) is 5.90. The van der Waals surface area contributed by atoms with E-state index < -0.39 is 0 Å². The lowest BCUT2D eigenvalue weighted by Gasteiger charge is -2.15. The minimum atomic E-state index is -0.160. The maximum Gasteiger partial charge on any atom is 0.261 e. The zero-order chi connectivity index (χ0) is 26.1. The molecular weight excluding hydrogens is 460 g/mol. The Morgan fingerprint density at radius 2 is 1.16 bits per heavy atom. The number of hydrogen-bond acceptors (Lipinski definition) is 4. The predicted octanol–water partition coefficient (Wildman–Crippen LogP) is 5.27. The first-order valence-electron chi connectivity index (χ1n) is 13.1. The van der Waals surface area contributed by atoms with Crippen LogP contribution in [0.4, 0.5) is 11.4 Å². The Morgan fingerprint density at radius 1 is 0.649 bits per heavy atom. The molecule has 190 valence electrons. The number of rotatable bonds is 9. The molecule has 0 spiro atoms. The zero-order valence-electron chi connectivity index (χ0n) is 22.2. The first-order chi connectivity index (χ1) is 17.8. The lowest BCUT2D eigenvalue weighted by Crippen LogP contribution is -2.36. The molecule has 0 aliphatic carbocycles. The molecule has 0 fully saturated rings. The molecule has 5 rings (SSSR count). The SMILES string of the molecule is CN(C)c1ccc2cc3ccc(N(C)C)cc3[n+](CCCCCCN3C(=O)c4ccccc4C3=O)c2c1. The number of aryl methyl sites for hydroxylation is 1. The van der Waals surface area contributed by atoms with Gasteiger partial charge in [-0.3, -0.25) is 14.5 Å². The smallest absolute Gasteiger partial charge is 0.261 e. The van der Waals surface area contributed by atoms with Crippen molar-refractivity contribution in [1.29, 1.82) is 0 Å². The normalized spacial score (nSPS) is 13.0. The molecule has 4 aromatic rings. The summed E-state index contributed by atoms with van der Waals surface area (Å²) in [6.07, 6.45) is 3.86. The highest BCUT2D eigenvalue weighted by molar-refractivity contribution is 6.21. The number of anilines is 2. The lowest BCUT2D eigenvalue weighted by atomic mass is 10.1. The molecule has 6 heteroatoms. The second-order valence-electron chi connectivity index (χ2n) is 10.3. The van der Waals surface area contributed by atoms with Gasteiger partial charge in [0.15, 0.2) is 0 Å². The van der Waals surface area contributed by atoms with Gasteiger partial charge in [0.1, 0.15) is 6.54 Å². The van der Waals surface area contributed by atoms with Crippen LogP contribution in [0.1, 0.15) is 46.4 Å². The minimum Gasteiger partial charge on any atom is -0.377 e. The minimum absolute atomic E-state index is 0.160. The number of pyridine rings is 1. The summed E-state index contributed by atoms with van der Waals surface area (Å²) in [6, 6.07) is 22.7. The molecule has 0 unspecified atom stereocenters. The van der Waals surface area contributed by atoms with Crippen LogP contribution in [0.25, 0.3) is 21.8 Å². The summed E-state index contributed by atoms with van der Waals surface area (Å²) < 4.78 is 2.45. The van der Waals surface area contributed by atoms with Crippen molar-refractivity contribution < 1.29 is 14.2 Å². The van der Waals surface area contributed by atoms with E-state index in [-0.39, 0.29) is 11.8 Å². The average molecular weight is 496 g/mol. The molecule has 0 radical (unpaired) electrons. The van der Waals surface area contributed by atoms with Crippen LogP contribution in [-0.4, -0.2) is 51.4 Å². The number of fused-ring (bicyclic) bond motifs is 3.